The van der Waals surface area contributed by atoms with Crippen LogP contribution in [0.5, 0.6) is 0 Å². The molecule has 0 aromatic heterocycles. The van der Waals surface area contributed by atoms with Crippen molar-refractivity contribution >= 4 is 16.7 Å². The van der Waals surface area contributed by atoms with E-state index in [1.165, 1.54) is 0 Å². The van der Waals surface area contributed by atoms with Crippen LogP contribution in [0.25, 0.3) is 0 Å². The molecule has 3 nitrogen and oxygen atoms in total. The summed E-state index contributed by atoms with van der Waals surface area (Å²) in [7, 11) is -1.29. The van der Waals surface area contributed by atoms with Crippen molar-refractivity contribution in [3.05, 3.63) is 60.2 Å². The largest absolute Gasteiger partial charge is 0.388 e. The van der Waals surface area contributed by atoms with Gasteiger partial charge < -0.3 is 9.83 Å². The lowest BCUT2D eigenvalue weighted by Gasteiger charge is -2.11. The van der Waals surface area contributed by atoms with Crippen LogP contribution in [0.2, 0.25) is 0 Å². The summed E-state index contributed by atoms with van der Waals surface area (Å²) in [6, 6.07) is 16.6. The van der Waals surface area contributed by atoms with Crippen molar-refractivity contribution in [2.24, 2.45) is 0 Å². The predicted octanol–water partition coefficient (Wildman–Crippen LogP) is 3.26. The number of hydrogen-bond acceptors (Lipinski definition) is 2. The van der Waals surface area contributed by atoms with E-state index in [0.717, 1.165) is 16.1 Å². The van der Waals surface area contributed by atoms with E-state index in [-0.39, 0.29) is 0 Å². The van der Waals surface area contributed by atoms with Gasteiger partial charge in [0, 0.05) is 5.69 Å². The van der Waals surface area contributed by atoms with Crippen molar-refractivity contribution in [1.82, 2.24) is 0 Å². The molecule has 0 aliphatic carbocycles. The number of aliphatic hydroxyl groups excluding tert-OH is 1. The predicted molar refractivity (Wildman–Crippen MR) is 78.2 cm³/mol. The highest BCUT2D eigenvalue weighted by Crippen LogP contribution is 2.21. The lowest BCUT2D eigenvalue weighted by atomic mass is 10.1. The van der Waals surface area contributed by atoms with Gasteiger partial charge >= 0.3 is 0 Å². The van der Waals surface area contributed by atoms with Crippen LogP contribution in [-0.2, 0) is 11.0 Å². The van der Waals surface area contributed by atoms with Gasteiger partial charge in [-0.3, -0.25) is 0 Å². The molecule has 2 N–H and O–H groups in total. The summed E-state index contributed by atoms with van der Waals surface area (Å²) in [4.78, 5) is 0.726. The van der Waals surface area contributed by atoms with Gasteiger partial charge in [-0.15, -0.1) is 0 Å². The Kier molecular flexibility index (Phi) is 4.71. The van der Waals surface area contributed by atoms with Crippen LogP contribution in [0.4, 0.5) is 5.69 Å². The molecule has 0 fully saturated rings. The molecule has 0 radical (unpaired) electrons. The van der Waals surface area contributed by atoms with Gasteiger partial charge in [0.1, 0.15) is 11.0 Å². The Morgan fingerprint density at radius 2 is 1.89 bits per heavy atom. The van der Waals surface area contributed by atoms with Gasteiger partial charge in [-0.25, -0.2) is 4.21 Å². The molecule has 4 heteroatoms. The maximum Gasteiger partial charge on any atom is 0.150 e. The first kappa shape index (κ1) is 13.8. The Morgan fingerprint density at radius 1 is 1.16 bits per heavy atom. The van der Waals surface area contributed by atoms with E-state index in [1.54, 1.807) is 0 Å². The molecule has 2 aromatic carbocycles. The van der Waals surface area contributed by atoms with Crippen LogP contribution in [0, 0.1) is 0 Å². The summed E-state index contributed by atoms with van der Waals surface area (Å²) in [6.45, 7) is 1.92. The third kappa shape index (κ3) is 3.66. The average molecular weight is 275 g/mol. The van der Waals surface area contributed by atoms with Crippen LogP contribution in [-0.4, -0.2) is 9.32 Å². The van der Waals surface area contributed by atoms with Gasteiger partial charge in [0.2, 0.25) is 0 Å². The van der Waals surface area contributed by atoms with Crippen LogP contribution in [0.1, 0.15) is 25.0 Å². The van der Waals surface area contributed by atoms with E-state index in [1.807, 2.05) is 61.5 Å². The van der Waals surface area contributed by atoms with Crippen molar-refractivity contribution in [1.29, 1.82) is 0 Å². The second kappa shape index (κ2) is 6.50. The van der Waals surface area contributed by atoms with E-state index in [4.69, 9.17) is 0 Å². The molecule has 0 aliphatic rings. The standard InChI is InChI=1S/C15H17NO2S/c1-2-15(17)12-7-6-8-13(11-12)16-19(18)14-9-4-3-5-10-14/h3-11,15-17H,2H2,1H3/t15-,19?/m0/s1. The lowest BCUT2D eigenvalue weighted by Crippen LogP contribution is -2.05. The first-order valence-electron chi connectivity index (χ1n) is 6.22. The number of aliphatic hydroxyl groups is 1. The maximum absolute atomic E-state index is 12.1. The Balaban J connectivity index is 2.13. The Bertz CT molecular complexity index is 557. The highest BCUT2D eigenvalue weighted by atomic mass is 32.2. The quantitative estimate of drug-likeness (QED) is 0.880. The van der Waals surface area contributed by atoms with Crippen molar-refractivity contribution < 1.29 is 9.32 Å². The number of hydrogen-bond donors (Lipinski definition) is 2. The van der Waals surface area contributed by atoms with Crippen molar-refractivity contribution in [2.75, 3.05) is 4.72 Å². The fourth-order valence-electron chi connectivity index (χ4n) is 1.76. The smallest absolute Gasteiger partial charge is 0.150 e. The van der Waals surface area contributed by atoms with Gasteiger partial charge in [-0.05, 0) is 36.2 Å². The summed E-state index contributed by atoms with van der Waals surface area (Å²) in [5.41, 5.74) is 1.57. The van der Waals surface area contributed by atoms with Crippen molar-refractivity contribution in [2.45, 2.75) is 24.3 Å². The molecule has 19 heavy (non-hydrogen) atoms. The molecule has 0 bridgehead atoms. The van der Waals surface area contributed by atoms with E-state index >= 15 is 0 Å². The van der Waals surface area contributed by atoms with Crippen LogP contribution < -0.4 is 4.72 Å². The molecule has 0 heterocycles. The number of rotatable bonds is 5. The minimum Gasteiger partial charge on any atom is -0.388 e. The van der Waals surface area contributed by atoms with Gasteiger partial charge in [-0.2, -0.15) is 0 Å². The highest BCUT2D eigenvalue weighted by Gasteiger charge is 2.07. The fraction of sp³-hybridized carbons (Fsp3) is 0.200. The highest BCUT2D eigenvalue weighted by molar-refractivity contribution is 7.86. The zero-order valence-electron chi connectivity index (χ0n) is 10.7. The summed E-state index contributed by atoms with van der Waals surface area (Å²) < 4.78 is 15.0. The Labute approximate surface area is 115 Å². The van der Waals surface area contributed by atoms with Crippen LogP contribution in [0.3, 0.4) is 0 Å². The second-order valence-corrected chi connectivity index (χ2v) is 5.45. The zero-order valence-corrected chi connectivity index (χ0v) is 11.6. The summed E-state index contributed by atoms with van der Waals surface area (Å²) in [5.74, 6) is 0. The molecular formula is C15H17NO2S. The van der Waals surface area contributed by atoms with Crippen molar-refractivity contribution in [3.8, 4) is 0 Å². The molecule has 2 atom stereocenters. The second-order valence-electron chi connectivity index (χ2n) is 4.23. The number of nitrogens with one attached hydrogen (secondary N) is 1. The van der Waals surface area contributed by atoms with Crippen LogP contribution >= 0.6 is 0 Å². The summed E-state index contributed by atoms with van der Waals surface area (Å²) >= 11 is 0. The topological polar surface area (TPSA) is 49.3 Å². The third-order valence-electron chi connectivity index (χ3n) is 2.83. The molecule has 1 unspecified atom stereocenters. The van der Waals surface area contributed by atoms with Gasteiger partial charge in [0.25, 0.3) is 0 Å². The fourth-order valence-corrected chi connectivity index (χ4v) is 2.62. The zero-order chi connectivity index (χ0) is 13.7. The first-order chi connectivity index (χ1) is 9.20. The molecule has 0 aliphatic heterocycles. The molecule has 2 rings (SSSR count). The number of anilines is 1. The molecule has 0 saturated carbocycles. The molecule has 0 spiro atoms. The van der Waals surface area contributed by atoms with Crippen molar-refractivity contribution in [3.63, 3.8) is 0 Å². The third-order valence-corrected chi connectivity index (χ3v) is 3.95. The Morgan fingerprint density at radius 3 is 2.58 bits per heavy atom. The monoisotopic (exact) mass is 275 g/mol. The normalized spacial score (nSPS) is 13.8. The maximum atomic E-state index is 12.1. The van der Waals surface area contributed by atoms with E-state index in [2.05, 4.69) is 4.72 Å². The lowest BCUT2D eigenvalue weighted by molar-refractivity contribution is 0.174. The molecule has 0 amide bonds. The minimum absolute atomic E-state index is 0.480. The molecule has 100 valence electrons. The van der Waals surface area contributed by atoms with E-state index < -0.39 is 17.1 Å². The number of benzene rings is 2. The van der Waals surface area contributed by atoms with Gasteiger partial charge in [-0.1, -0.05) is 37.3 Å². The Hall–Kier alpha value is -1.65. The first-order valence-corrected chi connectivity index (χ1v) is 7.37. The minimum atomic E-state index is -1.29. The SMILES string of the molecule is CC[C@H](O)c1cccc(NS(=O)c2ccccc2)c1. The molecule has 2 aromatic rings. The van der Waals surface area contributed by atoms with Gasteiger partial charge in [0.15, 0.2) is 0 Å². The summed E-state index contributed by atoms with van der Waals surface area (Å²) in [6.07, 6.45) is 0.178. The molecular weight excluding hydrogens is 258 g/mol. The molecule has 0 saturated heterocycles. The van der Waals surface area contributed by atoms with E-state index in [9.17, 15) is 9.32 Å². The van der Waals surface area contributed by atoms with Crippen LogP contribution in [0.15, 0.2) is 59.5 Å². The summed E-state index contributed by atoms with van der Waals surface area (Å²) in [5, 5.41) is 9.80. The van der Waals surface area contributed by atoms with Gasteiger partial charge in [0.05, 0.1) is 11.0 Å². The average Bonchev–Trinajstić information content (AvgIpc) is 2.47. The van der Waals surface area contributed by atoms with E-state index in [0.29, 0.717) is 6.42 Å².